The maximum Gasteiger partial charge on any atom is 0.407 e. The number of carbonyl (C=O) groups excluding carboxylic acids is 1. The highest BCUT2D eigenvalue weighted by Gasteiger charge is 2.15. The monoisotopic (exact) mass is 324 g/mol. The van der Waals surface area contributed by atoms with E-state index >= 15 is 0 Å². The van der Waals surface area contributed by atoms with Gasteiger partial charge in [0.05, 0.1) is 5.69 Å². The van der Waals surface area contributed by atoms with Crippen LogP contribution in [0.4, 0.5) is 4.79 Å². The van der Waals surface area contributed by atoms with Gasteiger partial charge in [0.2, 0.25) is 0 Å². The molecule has 24 heavy (non-hydrogen) atoms. The van der Waals surface area contributed by atoms with E-state index in [0.717, 1.165) is 23.2 Å². The number of pyridine rings is 1. The predicted molar refractivity (Wildman–Crippen MR) is 97.6 cm³/mol. The van der Waals surface area contributed by atoms with Crippen molar-refractivity contribution in [3.8, 4) is 11.3 Å². The summed E-state index contributed by atoms with van der Waals surface area (Å²) in [5.41, 5.74) is 2.72. The van der Waals surface area contributed by atoms with Gasteiger partial charge in [-0.2, -0.15) is 0 Å². The van der Waals surface area contributed by atoms with Gasteiger partial charge in [-0.15, -0.1) is 0 Å². The second-order valence-corrected chi connectivity index (χ2v) is 6.46. The Bertz CT molecular complexity index is 671. The SMILES string of the molecule is CC(C)(C)OC(=O)NCCC=Cc1ccc(-c2ccccn2)cc1. The number of carbonyl (C=O) groups is 1. The highest BCUT2D eigenvalue weighted by atomic mass is 16.6. The van der Waals surface area contributed by atoms with E-state index in [1.54, 1.807) is 6.20 Å². The maximum absolute atomic E-state index is 11.5. The zero-order valence-electron chi connectivity index (χ0n) is 14.5. The molecule has 4 nitrogen and oxygen atoms in total. The molecular formula is C20H24N2O2. The standard InChI is InChI=1S/C20H24N2O2/c1-20(2,3)24-19(23)22-15-6-4-8-16-10-12-17(13-11-16)18-9-5-7-14-21-18/h4-5,7-14H,6,15H2,1-3H3,(H,22,23). The first-order valence-electron chi connectivity index (χ1n) is 8.09. The van der Waals surface area contributed by atoms with E-state index in [9.17, 15) is 4.79 Å². The van der Waals surface area contributed by atoms with Crippen molar-refractivity contribution in [2.45, 2.75) is 32.8 Å². The van der Waals surface area contributed by atoms with E-state index in [2.05, 4.69) is 34.6 Å². The molecule has 1 aromatic carbocycles. The molecule has 1 amide bonds. The number of aromatic nitrogens is 1. The van der Waals surface area contributed by atoms with Crippen LogP contribution in [0.1, 0.15) is 32.8 Å². The largest absolute Gasteiger partial charge is 0.444 e. The Hall–Kier alpha value is -2.62. The number of alkyl carbamates (subject to hydrolysis) is 1. The quantitative estimate of drug-likeness (QED) is 0.813. The van der Waals surface area contributed by atoms with Gasteiger partial charge in [0.25, 0.3) is 0 Å². The lowest BCUT2D eigenvalue weighted by Gasteiger charge is -2.19. The Morgan fingerprint density at radius 3 is 2.54 bits per heavy atom. The molecule has 0 atom stereocenters. The van der Waals surface area contributed by atoms with Crippen molar-refractivity contribution in [2.75, 3.05) is 6.54 Å². The summed E-state index contributed by atoms with van der Waals surface area (Å²) in [5.74, 6) is 0. The first kappa shape index (κ1) is 17.7. The summed E-state index contributed by atoms with van der Waals surface area (Å²) in [6.45, 7) is 6.10. The van der Waals surface area contributed by atoms with Gasteiger partial charge in [0.15, 0.2) is 0 Å². The van der Waals surface area contributed by atoms with Crippen LogP contribution in [-0.2, 0) is 4.74 Å². The van der Waals surface area contributed by atoms with E-state index < -0.39 is 5.60 Å². The smallest absolute Gasteiger partial charge is 0.407 e. The van der Waals surface area contributed by atoms with Gasteiger partial charge >= 0.3 is 6.09 Å². The highest BCUT2D eigenvalue weighted by Crippen LogP contribution is 2.17. The Labute approximate surface area is 143 Å². The molecule has 4 heteroatoms. The molecule has 1 aromatic heterocycles. The molecule has 0 saturated heterocycles. The molecule has 0 aliphatic rings. The molecule has 1 N–H and O–H groups in total. The molecule has 0 radical (unpaired) electrons. The summed E-state index contributed by atoms with van der Waals surface area (Å²) in [5, 5.41) is 2.74. The van der Waals surface area contributed by atoms with Crippen LogP contribution < -0.4 is 5.32 Å². The number of nitrogens with one attached hydrogen (secondary N) is 1. The van der Waals surface area contributed by atoms with Crippen molar-refractivity contribution in [1.29, 1.82) is 0 Å². The van der Waals surface area contributed by atoms with E-state index in [4.69, 9.17) is 4.74 Å². The summed E-state index contributed by atoms with van der Waals surface area (Å²) >= 11 is 0. The second-order valence-electron chi connectivity index (χ2n) is 6.46. The molecular weight excluding hydrogens is 300 g/mol. The molecule has 0 aliphatic heterocycles. The summed E-state index contributed by atoms with van der Waals surface area (Å²) in [6, 6.07) is 14.1. The van der Waals surface area contributed by atoms with Crippen LogP contribution in [0.5, 0.6) is 0 Å². The zero-order valence-corrected chi connectivity index (χ0v) is 14.5. The number of hydrogen-bond acceptors (Lipinski definition) is 3. The fourth-order valence-corrected chi connectivity index (χ4v) is 2.09. The summed E-state index contributed by atoms with van der Waals surface area (Å²) in [4.78, 5) is 15.8. The number of benzene rings is 1. The Morgan fingerprint density at radius 1 is 1.17 bits per heavy atom. The van der Waals surface area contributed by atoms with Crippen LogP contribution in [0.2, 0.25) is 0 Å². The minimum absolute atomic E-state index is 0.379. The molecule has 0 saturated carbocycles. The summed E-state index contributed by atoms with van der Waals surface area (Å²) < 4.78 is 5.18. The third kappa shape index (κ3) is 6.24. The fourth-order valence-electron chi connectivity index (χ4n) is 2.09. The number of hydrogen-bond donors (Lipinski definition) is 1. The first-order chi connectivity index (χ1) is 11.4. The van der Waals surface area contributed by atoms with E-state index in [1.807, 2.05) is 51.1 Å². The average molecular weight is 324 g/mol. The van der Waals surface area contributed by atoms with Crippen LogP contribution in [-0.4, -0.2) is 23.2 Å². The lowest BCUT2D eigenvalue weighted by atomic mass is 10.1. The normalized spacial score (nSPS) is 11.5. The molecule has 2 rings (SSSR count). The van der Waals surface area contributed by atoms with Gasteiger partial charge in [0.1, 0.15) is 5.60 Å². The van der Waals surface area contributed by atoms with Crippen LogP contribution in [0, 0.1) is 0 Å². The Kier molecular flexibility index (Phi) is 6.13. The number of nitrogens with zero attached hydrogens (tertiary/aromatic N) is 1. The molecule has 126 valence electrons. The predicted octanol–water partition coefficient (Wildman–Crippen LogP) is 4.68. The molecule has 0 fully saturated rings. The van der Waals surface area contributed by atoms with Gasteiger partial charge in [-0.05, 0) is 44.9 Å². The first-order valence-corrected chi connectivity index (χ1v) is 8.09. The van der Waals surface area contributed by atoms with Crippen molar-refractivity contribution in [1.82, 2.24) is 10.3 Å². The lowest BCUT2D eigenvalue weighted by Crippen LogP contribution is -2.32. The Balaban J connectivity index is 1.78. The van der Waals surface area contributed by atoms with Crippen molar-refractivity contribution in [2.24, 2.45) is 0 Å². The van der Waals surface area contributed by atoms with Gasteiger partial charge in [0, 0.05) is 18.3 Å². The van der Waals surface area contributed by atoms with Crippen molar-refractivity contribution < 1.29 is 9.53 Å². The highest BCUT2D eigenvalue weighted by molar-refractivity contribution is 5.67. The van der Waals surface area contributed by atoms with Crippen LogP contribution >= 0.6 is 0 Å². The number of amides is 1. The van der Waals surface area contributed by atoms with E-state index in [1.165, 1.54) is 0 Å². The third-order valence-corrected chi connectivity index (χ3v) is 3.16. The van der Waals surface area contributed by atoms with E-state index in [-0.39, 0.29) is 6.09 Å². The van der Waals surface area contributed by atoms with Gasteiger partial charge < -0.3 is 10.1 Å². The van der Waals surface area contributed by atoms with Crippen molar-refractivity contribution >= 4 is 12.2 Å². The zero-order chi connectivity index (χ0) is 17.4. The number of ether oxygens (including phenoxy) is 1. The van der Waals surface area contributed by atoms with Crippen molar-refractivity contribution in [3.05, 3.63) is 60.3 Å². The van der Waals surface area contributed by atoms with Crippen molar-refractivity contribution in [3.63, 3.8) is 0 Å². The molecule has 0 bridgehead atoms. The van der Waals surface area contributed by atoms with Crippen LogP contribution in [0.15, 0.2) is 54.7 Å². The lowest BCUT2D eigenvalue weighted by molar-refractivity contribution is 0.0529. The summed E-state index contributed by atoms with van der Waals surface area (Å²) in [7, 11) is 0. The molecule has 2 aromatic rings. The molecule has 0 aliphatic carbocycles. The molecule has 1 heterocycles. The fraction of sp³-hybridized carbons (Fsp3) is 0.300. The topological polar surface area (TPSA) is 51.2 Å². The summed E-state index contributed by atoms with van der Waals surface area (Å²) in [6.07, 6.45) is 6.24. The molecule has 0 unspecified atom stereocenters. The van der Waals surface area contributed by atoms with Crippen LogP contribution in [0.3, 0.4) is 0 Å². The number of rotatable bonds is 5. The maximum atomic E-state index is 11.5. The van der Waals surface area contributed by atoms with E-state index in [0.29, 0.717) is 6.54 Å². The van der Waals surface area contributed by atoms with Gasteiger partial charge in [-0.3, -0.25) is 4.98 Å². The van der Waals surface area contributed by atoms with Crippen LogP contribution in [0.25, 0.3) is 17.3 Å². The molecule has 0 spiro atoms. The van der Waals surface area contributed by atoms with Gasteiger partial charge in [-0.1, -0.05) is 42.5 Å². The minimum atomic E-state index is -0.463. The second kappa shape index (κ2) is 8.29. The minimum Gasteiger partial charge on any atom is -0.444 e. The van der Waals surface area contributed by atoms with Gasteiger partial charge in [-0.25, -0.2) is 4.79 Å². The Morgan fingerprint density at radius 2 is 1.92 bits per heavy atom. The third-order valence-electron chi connectivity index (χ3n) is 3.16. The average Bonchev–Trinajstić information content (AvgIpc) is 2.54.